The molecule has 2 fully saturated rings. The third-order valence-electron chi connectivity index (χ3n) is 8.22. The van der Waals surface area contributed by atoms with Gasteiger partial charge in [0.15, 0.2) is 0 Å². The topological polar surface area (TPSA) is 0 Å². The van der Waals surface area contributed by atoms with Gasteiger partial charge in [0.1, 0.15) is 0 Å². The summed E-state index contributed by atoms with van der Waals surface area (Å²) in [6, 6.07) is 7.60. The lowest BCUT2D eigenvalue weighted by molar-refractivity contribution is 0.276. The van der Waals surface area contributed by atoms with Crippen molar-refractivity contribution < 1.29 is 0 Å². The molecule has 0 aliphatic heterocycles. The van der Waals surface area contributed by atoms with Gasteiger partial charge in [-0.2, -0.15) is 0 Å². The molecule has 0 N–H and O–H groups in total. The molecular weight excluding hydrogens is 384 g/mol. The first-order valence-corrected chi connectivity index (χ1v) is 13.6. The van der Waals surface area contributed by atoms with Crippen LogP contribution in [0.1, 0.15) is 120 Å². The Morgan fingerprint density at radius 1 is 1.00 bits per heavy atom. The van der Waals surface area contributed by atoms with Gasteiger partial charge in [-0.3, -0.25) is 0 Å². The van der Waals surface area contributed by atoms with Gasteiger partial charge >= 0.3 is 0 Å². The number of hydrogen-bond donors (Lipinski definition) is 0. The SMILES string of the molecule is C=C(C)CC(C)c1ccc(C(CC(C)C)C2CCCCC2)c(CC2=CC=C(C3CC3)C2)c1. The molecule has 3 aliphatic rings. The number of allylic oxidation sites excluding steroid dienone is 5. The molecule has 0 aromatic heterocycles. The molecule has 0 spiro atoms. The summed E-state index contributed by atoms with van der Waals surface area (Å²) in [6.45, 7) is 13.6. The summed E-state index contributed by atoms with van der Waals surface area (Å²) < 4.78 is 0. The quantitative estimate of drug-likeness (QED) is 0.324. The van der Waals surface area contributed by atoms with Crippen LogP contribution in [0.3, 0.4) is 0 Å². The van der Waals surface area contributed by atoms with Crippen molar-refractivity contribution in [3.8, 4) is 0 Å². The fourth-order valence-electron chi connectivity index (χ4n) is 6.41. The summed E-state index contributed by atoms with van der Waals surface area (Å²) in [4.78, 5) is 0. The second-order valence-corrected chi connectivity index (χ2v) is 11.8. The zero-order valence-corrected chi connectivity index (χ0v) is 21.3. The third-order valence-corrected chi connectivity index (χ3v) is 8.22. The summed E-state index contributed by atoms with van der Waals surface area (Å²) in [5.41, 5.74) is 9.46. The van der Waals surface area contributed by atoms with Crippen LogP contribution in [0.5, 0.6) is 0 Å². The first-order valence-electron chi connectivity index (χ1n) is 13.6. The van der Waals surface area contributed by atoms with Crippen molar-refractivity contribution in [2.45, 2.75) is 110 Å². The Kier molecular flexibility index (Phi) is 7.80. The molecule has 2 atom stereocenters. The summed E-state index contributed by atoms with van der Waals surface area (Å²) in [6.07, 6.45) is 19.7. The van der Waals surface area contributed by atoms with E-state index in [-0.39, 0.29) is 0 Å². The van der Waals surface area contributed by atoms with Crippen LogP contribution in [-0.2, 0) is 6.42 Å². The van der Waals surface area contributed by atoms with Gasteiger partial charge in [0, 0.05) is 0 Å². The first kappa shape index (κ1) is 23.6. The average Bonchev–Trinajstić information content (AvgIpc) is 3.51. The minimum atomic E-state index is 0.552. The predicted molar refractivity (Wildman–Crippen MR) is 140 cm³/mol. The minimum absolute atomic E-state index is 0.552. The normalized spacial score (nSPS) is 21.4. The highest BCUT2D eigenvalue weighted by molar-refractivity contribution is 5.43. The number of hydrogen-bond acceptors (Lipinski definition) is 0. The second-order valence-electron chi connectivity index (χ2n) is 11.8. The van der Waals surface area contributed by atoms with Crippen LogP contribution in [0, 0.1) is 17.8 Å². The molecular formula is C32H46. The van der Waals surface area contributed by atoms with Crippen LogP contribution in [0.4, 0.5) is 0 Å². The van der Waals surface area contributed by atoms with E-state index >= 15 is 0 Å². The summed E-state index contributed by atoms with van der Waals surface area (Å²) >= 11 is 0. The fraction of sp³-hybridized carbons (Fsp3) is 0.625. The van der Waals surface area contributed by atoms with E-state index in [2.05, 4.69) is 64.6 Å². The average molecular weight is 431 g/mol. The molecule has 0 nitrogen and oxygen atoms in total. The molecule has 0 heteroatoms. The Labute approximate surface area is 198 Å². The lowest BCUT2D eigenvalue weighted by Gasteiger charge is -2.34. The second kappa shape index (κ2) is 10.6. The molecule has 4 rings (SSSR count). The van der Waals surface area contributed by atoms with E-state index in [1.54, 1.807) is 22.3 Å². The molecule has 1 aromatic rings. The highest BCUT2D eigenvalue weighted by Gasteiger charge is 2.30. The van der Waals surface area contributed by atoms with Gasteiger partial charge in [-0.25, -0.2) is 0 Å². The Morgan fingerprint density at radius 3 is 2.41 bits per heavy atom. The van der Waals surface area contributed by atoms with Crippen molar-refractivity contribution in [1.29, 1.82) is 0 Å². The lowest BCUT2D eigenvalue weighted by atomic mass is 9.71. The Hall–Kier alpha value is -1.56. The number of benzene rings is 1. The van der Waals surface area contributed by atoms with Gasteiger partial charge in [0.2, 0.25) is 0 Å². The molecule has 1 aromatic carbocycles. The zero-order valence-electron chi connectivity index (χ0n) is 21.3. The van der Waals surface area contributed by atoms with E-state index < -0.39 is 0 Å². The van der Waals surface area contributed by atoms with Crippen LogP contribution in [0.25, 0.3) is 0 Å². The molecule has 0 amide bonds. The van der Waals surface area contributed by atoms with E-state index in [1.807, 2.05) is 0 Å². The van der Waals surface area contributed by atoms with Crippen LogP contribution in [-0.4, -0.2) is 0 Å². The highest BCUT2D eigenvalue weighted by atomic mass is 14.3. The van der Waals surface area contributed by atoms with Gasteiger partial charge in [-0.1, -0.05) is 87.1 Å². The van der Waals surface area contributed by atoms with E-state index in [0.29, 0.717) is 5.92 Å². The molecule has 0 saturated heterocycles. The van der Waals surface area contributed by atoms with Crippen molar-refractivity contribution in [3.63, 3.8) is 0 Å². The smallest absolute Gasteiger partial charge is 0.00578 e. The summed E-state index contributed by atoms with van der Waals surface area (Å²) in [5, 5.41) is 0. The summed E-state index contributed by atoms with van der Waals surface area (Å²) in [7, 11) is 0. The predicted octanol–water partition coefficient (Wildman–Crippen LogP) is 9.68. The molecule has 3 aliphatic carbocycles. The van der Waals surface area contributed by atoms with Crippen LogP contribution in [0.15, 0.2) is 53.6 Å². The van der Waals surface area contributed by atoms with E-state index in [4.69, 9.17) is 0 Å². The molecule has 0 heterocycles. The van der Waals surface area contributed by atoms with Crippen molar-refractivity contribution in [2.75, 3.05) is 0 Å². The van der Waals surface area contributed by atoms with Crippen molar-refractivity contribution in [3.05, 3.63) is 70.3 Å². The van der Waals surface area contributed by atoms with Crippen molar-refractivity contribution in [1.82, 2.24) is 0 Å². The van der Waals surface area contributed by atoms with E-state index in [9.17, 15) is 0 Å². The first-order chi connectivity index (χ1) is 15.4. The van der Waals surface area contributed by atoms with Gasteiger partial charge in [-0.05, 0) is 105 Å². The van der Waals surface area contributed by atoms with E-state index in [0.717, 1.165) is 36.5 Å². The standard InChI is InChI=1S/C32H46/c1-22(2)17-24(5)28-15-16-31(32(18-23(3)4)27-9-7-6-8-10-27)30(21-28)20-25-11-12-29(19-25)26-13-14-26/h11-12,15-16,21,23-24,26-27,32H,1,6-10,13-14,17-20H2,2-5H3. The van der Waals surface area contributed by atoms with Crippen molar-refractivity contribution in [2.24, 2.45) is 17.8 Å². The fourth-order valence-corrected chi connectivity index (χ4v) is 6.41. The van der Waals surface area contributed by atoms with Crippen LogP contribution in [0.2, 0.25) is 0 Å². The van der Waals surface area contributed by atoms with Gasteiger partial charge < -0.3 is 0 Å². The Balaban J connectivity index is 1.63. The van der Waals surface area contributed by atoms with E-state index in [1.165, 1.54) is 68.9 Å². The highest BCUT2D eigenvalue weighted by Crippen LogP contribution is 2.44. The molecule has 2 unspecified atom stereocenters. The Bertz CT molecular complexity index is 854. The van der Waals surface area contributed by atoms with Gasteiger partial charge in [-0.15, -0.1) is 6.58 Å². The zero-order chi connectivity index (χ0) is 22.7. The minimum Gasteiger partial charge on any atom is -0.100 e. The molecule has 0 radical (unpaired) electrons. The lowest BCUT2D eigenvalue weighted by Crippen LogP contribution is -2.20. The largest absolute Gasteiger partial charge is 0.100 e. The van der Waals surface area contributed by atoms with Gasteiger partial charge in [0.25, 0.3) is 0 Å². The van der Waals surface area contributed by atoms with Gasteiger partial charge in [0.05, 0.1) is 0 Å². The van der Waals surface area contributed by atoms with Crippen LogP contribution >= 0.6 is 0 Å². The molecule has 2 saturated carbocycles. The molecule has 32 heavy (non-hydrogen) atoms. The van der Waals surface area contributed by atoms with Crippen molar-refractivity contribution >= 4 is 0 Å². The molecule has 0 bridgehead atoms. The Morgan fingerprint density at radius 2 is 1.75 bits per heavy atom. The summed E-state index contributed by atoms with van der Waals surface area (Å²) in [5.74, 6) is 3.82. The maximum atomic E-state index is 4.18. The number of rotatable bonds is 10. The monoisotopic (exact) mass is 430 g/mol. The third kappa shape index (κ3) is 6.06. The maximum absolute atomic E-state index is 4.18. The molecule has 174 valence electrons. The van der Waals surface area contributed by atoms with Crippen LogP contribution < -0.4 is 0 Å². The maximum Gasteiger partial charge on any atom is -0.00578 e.